The molecule has 0 unspecified atom stereocenters. The van der Waals surface area contributed by atoms with E-state index in [0.717, 1.165) is 22.1 Å². The molecule has 0 N–H and O–H groups in total. The summed E-state index contributed by atoms with van der Waals surface area (Å²) < 4.78 is 1.11. The van der Waals surface area contributed by atoms with E-state index >= 15 is 0 Å². The molecule has 1 heterocycles. The number of fused-ring (bicyclic) bond motifs is 1. The Kier molecular flexibility index (Phi) is 6.85. The lowest BCUT2D eigenvalue weighted by Crippen LogP contribution is -1.97. The summed E-state index contributed by atoms with van der Waals surface area (Å²) in [5, 5.41) is 1.22. The number of unbranched alkanes of at least 4 members (excludes halogenated alkanes) is 5. The van der Waals surface area contributed by atoms with Gasteiger partial charge in [0, 0.05) is 15.4 Å². The average Bonchev–Trinajstić information content (AvgIpc) is 2.64. The summed E-state index contributed by atoms with van der Waals surface area (Å²) in [6.07, 6.45) is 9.03. The van der Waals surface area contributed by atoms with E-state index in [2.05, 4.69) is 78.3 Å². The molecule has 26 heavy (non-hydrogen) atoms. The van der Waals surface area contributed by atoms with E-state index in [4.69, 9.17) is 4.98 Å². The predicted octanol–water partition coefficient (Wildman–Crippen LogP) is 7.88. The van der Waals surface area contributed by atoms with Crippen molar-refractivity contribution in [3.63, 3.8) is 0 Å². The van der Waals surface area contributed by atoms with E-state index in [9.17, 15) is 0 Å². The fourth-order valence-corrected chi connectivity index (χ4v) is 3.93. The minimum Gasteiger partial charge on any atom is -0.247 e. The monoisotopic (exact) mass is 409 g/mol. The highest BCUT2D eigenvalue weighted by Gasteiger charge is 2.11. The van der Waals surface area contributed by atoms with E-state index in [-0.39, 0.29) is 0 Å². The topological polar surface area (TPSA) is 12.9 Å². The third kappa shape index (κ3) is 4.73. The van der Waals surface area contributed by atoms with Gasteiger partial charge < -0.3 is 0 Å². The molecule has 2 heteroatoms. The molecule has 0 atom stereocenters. The van der Waals surface area contributed by atoms with Crippen LogP contribution in [-0.4, -0.2) is 4.98 Å². The number of benzene rings is 2. The summed E-state index contributed by atoms with van der Waals surface area (Å²) in [4.78, 5) is 5.05. The summed E-state index contributed by atoms with van der Waals surface area (Å²) in [6, 6.07) is 17.3. The van der Waals surface area contributed by atoms with Gasteiger partial charge in [-0.25, -0.2) is 4.98 Å². The highest BCUT2D eigenvalue weighted by atomic mass is 79.9. The van der Waals surface area contributed by atoms with Crippen molar-refractivity contribution in [2.45, 2.75) is 58.8 Å². The fourth-order valence-electron chi connectivity index (χ4n) is 3.55. The van der Waals surface area contributed by atoms with Gasteiger partial charge in [0.1, 0.15) is 0 Å². The first-order valence-electron chi connectivity index (χ1n) is 9.84. The minimum absolute atomic E-state index is 1.07. The molecule has 2 aromatic carbocycles. The zero-order valence-corrected chi connectivity index (χ0v) is 17.5. The number of nitrogens with zero attached hydrogens (tertiary/aromatic N) is 1. The van der Waals surface area contributed by atoms with Crippen molar-refractivity contribution in [1.82, 2.24) is 4.98 Å². The first-order valence-corrected chi connectivity index (χ1v) is 10.6. The first kappa shape index (κ1) is 19.1. The summed E-state index contributed by atoms with van der Waals surface area (Å²) in [6.45, 7) is 4.45. The Morgan fingerprint density at radius 3 is 2.46 bits per heavy atom. The van der Waals surface area contributed by atoms with Crippen LogP contribution in [0.3, 0.4) is 0 Å². The van der Waals surface area contributed by atoms with Crippen molar-refractivity contribution in [3.05, 3.63) is 64.1 Å². The van der Waals surface area contributed by atoms with Crippen LogP contribution in [0.2, 0.25) is 0 Å². The summed E-state index contributed by atoms with van der Waals surface area (Å²) in [7, 11) is 0. The van der Waals surface area contributed by atoms with Gasteiger partial charge in [-0.3, -0.25) is 0 Å². The molecule has 3 rings (SSSR count). The Morgan fingerprint density at radius 1 is 0.885 bits per heavy atom. The van der Waals surface area contributed by atoms with E-state index in [1.165, 1.54) is 60.6 Å². The van der Waals surface area contributed by atoms with Crippen molar-refractivity contribution < 1.29 is 0 Å². The maximum Gasteiger partial charge on any atom is 0.0744 e. The highest BCUT2D eigenvalue weighted by molar-refractivity contribution is 9.10. The molecule has 0 bridgehead atoms. The van der Waals surface area contributed by atoms with Crippen LogP contribution >= 0.6 is 15.9 Å². The Labute approximate surface area is 166 Å². The first-order chi connectivity index (χ1) is 12.7. The van der Waals surface area contributed by atoms with Crippen molar-refractivity contribution in [1.29, 1.82) is 0 Å². The maximum absolute atomic E-state index is 5.05. The summed E-state index contributed by atoms with van der Waals surface area (Å²) in [5.74, 6) is 0. The highest BCUT2D eigenvalue weighted by Crippen LogP contribution is 2.30. The zero-order valence-electron chi connectivity index (χ0n) is 15.9. The average molecular weight is 410 g/mol. The smallest absolute Gasteiger partial charge is 0.0744 e. The number of halogens is 1. The van der Waals surface area contributed by atoms with Gasteiger partial charge in [-0.05, 0) is 55.2 Å². The van der Waals surface area contributed by atoms with Crippen molar-refractivity contribution in [2.24, 2.45) is 0 Å². The van der Waals surface area contributed by atoms with Gasteiger partial charge in [-0.1, -0.05) is 79.2 Å². The van der Waals surface area contributed by atoms with E-state index in [1.54, 1.807) is 0 Å². The second-order valence-electron chi connectivity index (χ2n) is 7.17. The molecule has 1 aromatic heterocycles. The number of pyridine rings is 1. The summed E-state index contributed by atoms with van der Waals surface area (Å²) in [5.41, 5.74) is 6.16. The standard InChI is InChI=1S/C24H28BrN/c1-3-4-5-6-7-8-12-19-16-20-17-21(25)14-15-23(20)26-24(19)22-13-10-9-11-18(22)2/h9-11,13-17H,3-8,12H2,1-2H3. The van der Waals surface area contributed by atoms with Gasteiger partial charge in [0.05, 0.1) is 11.2 Å². The molecule has 0 aliphatic heterocycles. The Hall–Kier alpha value is -1.67. The van der Waals surface area contributed by atoms with Crippen molar-refractivity contribution in [2.75, 3.05) is 0 Å². The number of aryl methyl sites for hydroxylation is 2. The largest absolute Gasteiger partial charge is 0.247 e. The van der Waals surface area contributed by atoms with Gasteiger partial charge in [-0.2, -0.15) is 0 Å². The molecule has 0 aliphatic carbocycles. The van der Waals surface area contributed by atoms with Gasteiger partial charge in [0.15, 0.2) is 0 Å². The third-order valence-electron chi connectivity index (χ3n) is 5.06. The third-order valence-corrected chi connectivity index (χ3v) is 5.55. The molecule has 1 nitrogen and oxygen atoms in total. The van der Waals surface area contributed by atoms with Crippen LogP contribution < -0.4 is 0 Å². The lowest BCUT2D eigenvalue weighted by atomic mass is 9.96. The molecule has 0 saturated carbocycles. The lowest BCUT2D eigenvalue weighted by Gasteiger charge is -2.13. The molecule has 0 spiro atoms. The molecule has 0 radical (unpaired) electrons. The normalized spacial score (nSPS) is 11.2. The molecule has 0 saturated heterocycles. The van der Waals surface area contributed by atoms with E-state index in [0.29, 0.717) is 0 Å². The van der Waals surface area contributed by atoms with Crippen LogP contribution in [0.5, 0.6) is 0 Å². The van der Waals surface area contributed by atoms with Crippen LogP contribution in [0.15, 0.2) is 53.0 Å². The molecule has 0 aliphatic rings. The SMILES string of the molecule is CCCCCCCCc1cc2cc(Br)ccc2nc1-c1ccccc1C. The second kappa shape index (κ2) is 9.32. The molecular formula is C24H28BrN. The quantitative estimate of drug-likeness (QED) is 0.344. The minimum atomic E-state index is 1.07. The van der Waals surface area contributed by atoms with Crippen molar-refractivity contribution in [3.8, 4) is 11.3 Å². The molecular weight excluding hydrogens is 382 g/mol. The number of hydrogen-bond acceptors (Lipinski definition) is 1. The number of aromatic nitrogens is 1. The van der Waals surface area contributed by atoms with Crippen LogP contribution in [-0.2, 0) is 6.42 Å². The second-order valence-corrected chi connectivity index (χ2v) is 8.08. The van der Waals surface area contributed by atoms with Crippen LogP contribution in [0.4, 0.5) is 0 Å². The predicted molar refractivity (Wildman–Crippen MR) is 117 cm³/mol. The van der Waals surface area contributed by atoms with Gasteiger partial charge >= 0.3 is 0 Å². The Balaban J connectivity index is 1.90. The number of hydrogen-bond donors (Lipinski definition) is 0. The van der Waals surface area contributed by atoms with Crippen LogP contribution in [0.25, 0.3) is 22.2 Å². The van der Waals surface area contributed by atoms with Crippen LogP contribution in [0, 0.1) is 6.92 Å². The molecule has 3 aromatic rings. The van der Waals surface area contributed by atoms with Gasteiger partial charge in [0.2, 0.25) is 0 Å². The molecule has 0 amide bonds. The molecule has 136 valence electrons. The lowest BCUT2D eigenvalue weighted by molar-refractivity contribution is 0.607. The van der Waals surface area contributed by atoms with E-state index in [1.807, 2.05) is 0 Å². The van der Waals surface area contributed by atoms with Crippen molar-refractivity contribution >= 4 is 26.8 Å². The fraction of sp³-hybridized carbons (Fsp3) is 0.375. The maximum atomic E-state index is 5.05. The Morgan fingerprint density at radius 2 is 1.65 bits per heavy atom. The van der Waals surface area contributed by atoms with Crippen LogP contribution in [0.1, 0.15) is 56.6 Å². The van der Waals surface area contributed by atoms with Gasteiger partial charge in [-0.15, -0.1) is 0 Å². The Bertz CT molecular complexity index is 869. The molecule has 0 fully saturated rings. The number of rotatable bonds is 8. The van der Waals surface area contributed by atoms with E-state index < -0.39 is 0 Å². The summed E-state index contributed by atoms with van der Waals surface area (Å²) >= 11 is 3.59. The van der Waals surface area contributed by atoms with Gasteiger partial charge in [0.25, 0.3) is 0 Å². The zero-order chi connectivity index (χ0) is 18.4.